The largest absolute Gasteiger partial charge is 0.449 e. The number of hydrogen-bond acceptors (Lipinski definition) is 8. The first kappa shape index (κ1) is 23.7. The van der Waals surface area contributed by atoms with Crippen LogP contribution in [0.4, 0.5) is 21.9 Å². The number of fused-ring (bicyclic) bond motifs is 4. The zero-order valence-electron chi connectivity index (χ0n) is 21.2. The Morgan fingerprint density at radius 1 is 1.05 bits per heavy atom. The van der Waals surface area contributed by atoms with Crippen molar-refractivity contribution in [2.75, 3.05) is 41.3 Å². The van der Waals surface area contributed by atoms with Gasteiger partial charge in [-0.3, -0.25) is 0 Å². The minimum Gasteiger partial charge on any atom is -0.449 e. The second kappa shape index (κ2) is 9.41. The maximum Gasteiger partial charge on any atom is 0.207 e. The lowest BCUT2D eigenvalue weighted by molar-refractivity contribution is 0.0926. The predicted molar refractivity (Wildman–Crippen MR) is 145 cm³/mol. The Morgan fingerprint density at radius 2 is 1.82 bits per heavy atom. The molecule has 0 amide bonds. The van der Waals surface area contributed by atoms with Crippen molar-refractivity contribution in [1.29, 1.82) is 0 Å². The van der Waals surface area contributed by atoms with E-state index in [1.54, 1.807) is 12.5 Å². The Hall–Kier alpha value is -3.40. The zero-order chi connectivity index (χ0) is 25.8. The number of nitrogens with one attached hydrogen (secondary N) is 2. The van der Waals surface area contributed by atoms with E-state index < -0.39 is 5.82 Å². The smallest absolute Gasteiger partial charge is 0.207 e. The third-order valence-corrected chi connectivity index (χ3v) is 8.94. The van der Waals surface area contributed by atoms with E-state index in [2.05, 4.69) is 32.1 Å². The van der Waals surface area contributed by atoms with Crippen LogP contribution in [0, 0.1) is 23.6 Å². The highest BCUT2D eigenvalue weighted by Gasteiger charge is 2.42. The molecule has 4 aromatic heterocycles. The third kappa shape index (κ3) is 4.05. The van der Waals surface area contributed by atoms with E-state index in [4.69, 9.17) is 26.0 Å². The molecule has 11 heteroatoms. The monoisotopic (exact) mass is 536 g/mol. The molecule has 3 aliphatic carbocycles. The molecule has 4 aliphatic rings. The summed E-state index contributed by atoms with van der Waals surface area (Å²) in [5, 5.41) is 3.83. The molecule has 2 N–H and O–H groups in total. The number of piperazine rings is 1. The molecule has 3 saturated carbocycles. The molecule has 0 aromatic carbocycles. The fourth-order valence-corrected chi connectivity index (χ4v) is 6.78. The third-order valence-electron chi connectivity index (χ3n) is 8.76. The van der Waals surface area contributed by atoms with Crippen molar-refractivity contribution in [3.63, 3.8) is 0 Å². The average molecular weight is 537 g/mol. The predicted octanol–water partition coefficient (Wildman–Crippen LogP) is 5.36. The first-order valence-corrected chi connectivity index (χ1v) is 13.8. The van der Waals surface area contributed by atoms with Gasteiger partial charge in [0, 0.05) is 44.5 Å². The van der Waals surface area contributed by atoms with Gasteiger partial charge in [0.1, 0.15) is 10.7 Å². The number of H-pyrrole nitrogens is 1. The van der Waals surface area contributed by atoms with E-state index in [-0.39, 0.29) is 17.0 Å². The highest BCUT2D eigenvalue weighted by atomic mass is 35.5. The van der Waals surface area contributed by atoms with Gasteiger partial charge in [-0.25, -0.2) is 19.9 Å². The van der Waals surface area contributed by atoms with Crippen LogP contribution < -0.4 is 15.1 Å². The number of furan rings is 1. The van der Waals surface area contributed by atoms with Gasteiger partial charge >= 0.3 is 0 Å². The number of nitrogens with zero attached hydrogens (tertiary/aromatic N) is 6. The molecule has 38 heavy (non-hydrogen) atoms. The number of rotatable bonds is 5. The molecule has 0 radical (unpaired) electrons. The summed E-state index contributed by atoms with van der Waals surface area (Å²) in [7, 11) is 0. The van der Waals surface area contributed by atoms with Crippen molar-refractivity contribution in [3.8, 4) is 11.4 Å². The maximum absolute atomic E-state index is 16.2. The summed E-state index contributed by atoms with van der Waals surface area (Å²) >= 11 is 6.16. The summed E-state index contributed by atoms with van der Waals surface area (Å²) in [4.78, 5) is 25.5. The lowest BCUT2D eigenvalue weighted by Crippen LogP contribution is -2.48. The zero-order valence-corrected chi connectivity index (χ0v) is 22.0. The molecule has 4 aromatic rings. The van der Waals surface area contributed by atoms with Gasteiger partial charge in [-0.15, -0.1) is 0 Å². The summed E-state index contributed by atoms with van der Waals surface area (Å²) in [6.07, 6.45) is 9.83. The van der Waals surface area contributed by atoms with Crippen LogP contribution in [-0.4, -0.2) is 57.1 Å². The van der Waals surface area contributed by atoms with Gasteiger partial charge in [-0.1, -0.05) is 18.5 Å². The first-order valence-electron chi connectivity index (χ1n) is 13.4. The number of halogens is 2. The average Bonchev–Trinajstić information content (AvgIpc) is 3.63. The van der Waals surface area contributed by atoms with Crippen LogP contribution in [0.1, 0.15) is 32.6 Å². The Labute approximate surface area is 224 Å². The molecule has 4 fully saturated rings. The van der Waals surface area contributed by atoms with Gasteiger partial charge < -0.3 is 24.5 Å². The van der Waals surface area contributed by atoms with Crippen LogP contribution >= 0.6 is 11.6 Å². The first-order chi connectivity index (χ1) is 18.5. The Kier molecular flexibility index (Phi) is 5.87. The fraction of sp³-hybridized carbons (Fsp3) is 0.481. The highest BCUT2D eigenvalue weighted by Crippen LogP contribution is 2.46. The van der Waals surface area contributed by atoms with E-state index in [9.17, 15) is 0 Å². The van der Waals surface area contributed by atoms with Crippen LogP contribution in [-0.2, 0) is 0 Å². The normalized spacial score (nSPS) is 25.3. The number of aromatic nitrogens is 5. The lowest BCUT2D eigenvalue weighted by atomic mass is 9.62. The van der Waals surface area contributed by atoms with E-state index in [0.717, 1.165) is 5.88 Å². The van der Waals surface area contributed by atoms with E-state index in [1.807, 2.05) is 17.0 Å². The molecular formula is C27H30ClFN8O. The topological polar surface area (TPSA) is 99.0 Å². The van der Waals surface area contributed by atoms with Gasteiger partial charge in [-0.2, -0.15) is 4.39 Å². The van der Waals surface area contributed by atoms with Crippen molar-refractivity contribution in [2.45, 2.75) is 38.6 Å². The van der Waals surface area contributed by atoms with Gasteiger partial charge in [0.25, 0.3) is 0 Å². The number of anilines is 3. The molecule has 9 nitrogen and oxygen atoms in total. The lowest BCUT2D eigenvalue weighted by Gasteiger charge is -2.47. The summed E-state index contributed by atoms with van der Waals surface area (Å²) in [5.74, 6) is 3.06. The van der Waals surface area contributed by atoms with Crippen LogP contribution in [0.25, 0.3) is 22.6 Å². The van der Waals surface area contributed by atoms with Crippen LogP contribution in [0.5, 0.6) is 0 Å². The van der Waals surface area contributed by atoms with Crippen LogP contribution in [0.15, 0.2) is 35.2 Å². The number of hydrogen-bond donors (Lipinski definition) is 2. The second-order valence-electron chi connectivity index (χ2n) is 10.8. The molecule has 198 valence electrons. The second-order valence-corrected chi connectivity index (χ2v) is 11.1. The molecule has 2 bridgehead atoms. The molecule has 1 aliphatic heterocycles. The maximum atomic E-state index is 16.2. The summed E-state index contributed by atoms with van der Waals surface area (Å²) in [6, 6.07) is 4.02. The van der Waals surface area contributed by atoms with Crippen LogP contribution in [0.2, 0.25) is 5.15 Å². The standard InChI is InChI=1S/C27H30ClFN8O/c1-15-16-4-6-17(7-5-16)22(15)33-25-21(29)27(37-10-8-36(9-11-37)20-3-2-12-38-20)35-24(34-25)18-13-30-26-23(18)32-19(28)14-31-26/h2-3,12-17,22H,4-11H2,1H3,(H,30,31)(H,33,34,35)/t15?,16?,17?,22-/m0/s1. The molecule has 2 atom stereocenters. The number of aromatic amines is 1. The minimum atomic E-state index is -0.405. The Balaban J connectivity index is 1.27. The summed E-state index contributed by atoms with van der Waals surface area (Å²) < 4.78 is 21.8. The molecule has 1 unspecified atom stereocenters. The van der Waals surface area contributed by atoms with Gasteiger partial charge in [-0.05, 0) is 49.5 Å². The van der Waals surface area contributed by atoms with Crippen molar-refractivity contribution < 1.29 is 8.81 Å². The molecule has 5 heterocycles. The molecule has 0 spiro atoms. The summed E-state index contributed by atoms with van der Waals surface area (Å²) in [6.45, 7) is 4.91. The SMILES string of the molecule is CC1C2CCC(CC2)[C@H]1Nc1nc(-c2c[nH]c3ncc(Cl)nc23)nc(N2CCN(c3ccco3)CC2)c1F. The van der Waals surface area contributed by atoms with Gasteiger partial charge in [0.15, 0.2) is 29.0 Å². The molecule has 1 saturated heterocycles. The minimum absolute atomic E-state index is 0.195. The van der Waals surface area contributed by atoms with E-state index in [1.165, 1.54) is 31.9 Å². The van der Waals surface area contributed by atoms with E-state index >= 15 is 4.39 Å². The molecular weight excluding hydrogens is 507 g/mol. The quantitative estimate of drug-likeness (QED) is 0.351. The van der Waals surface area contributed by atoms with Crippen molar-refractivity contribution >= 4 is 40.3 Å². The fourth-order valence-electron chi connectivity index (χ4n) is 6.65. The van der Waals surface area contributed by atoms with Crippen molar-refractivity contribution in [3.05, 3.63) is 41.8 Å². The summed E-state index contributed by atoms with van der Waals surface area (Å²) in [5.41, 5.74) is 1.79. The van der Waals surface area contributed by atoms with Crippen LogP contribution in [0.3, 0.4) is 0 Å². The molecule has 8 rings (SSSR count). The van der Waals surface area contributed by atoms with E-state index in [0.29, 0.717) is 72.3 Å². The highest BCUT2D eigenvalue weighted by molar-refractivity contribution is 6.29. The van der Waals surface area contributed by atoms with Gasteiger partial charge in [0.05, 0.1) is 18.0 Å². The van der Waals surface area contributed by atoms with Crippen molar-refractivity contribution in [2.24, 2.45) is 17.8 Å². The Morgan fingerprint density at radius 3 is 2.55 bits per heavy atom. The Bertz CT molecular complexity index is 1440. The van der Waals surface area contributed by atoms with Crippen molar-refractivity contribution in [1.82, 2.24) is 24.9 Å². The van der Waals surface area contributed by atoms with Gasteiger partial charge in [0.2, 0.25) is 5.82 Å².